The maximum Gasteiger partial charge on any atom is 0.107 e. The molecule has 130 valence electrons. The maximum absolute atomic E-state index is 10.9. The van der Waals surface area contributed by atoms with Crippen LogP contribution in [0.1, 0.15) is 28.8 Å². The van der Waals surface area contributed by atoms with Crippen molar-refractivity contribution in [2.45, 2.75) is 38.5 Å². The van der Waals surface area contributed by atoms with E-state index in [4.69, 9.17) is 0 Å². The molecule has 0 spiro atoms. The molecule has 24 heavy (non-hydrogen) atoms. The van der Waals surface area contributed by atoms with Crippen LogP contribution in [0.4, 0.5) is 0 Å². The van der Waals surface area contributed by atoms with Crippen LogP contribution in [-0.2, 0) is 19.5 Å². The number of thiazole rings is 1. The zero-order chi connectivity index (χ0) is 17.0. The molecular formula is C19H27N3OS. The molecule has 2 aromatic rings. The van der Waals surface area contributed by atoms with E-state index >= 15 is 0 Å². The topological polar surface area (TPSA) is 39.6 Å². The van der Waals surface area contributed by atoms with Gasteiger partial charge in [-0.2, -0.15) is 0 Å². The second kappa shape index (κ2) is 7.74. The summed E-state index contributed by atoms with van der Waals surface area (Å²) in [6.45, 7) is 6.27. The Morgan fingerprint density at radius 3 is 2.83 bits per heavy atom. The monoisotopic (exact) mass is 345 g/mol. The van der Waals surface area contributed by atoms with Gasteiger partial charge in [0.2, 0.25) is 0 Å². The summed E-state index contributed by atoms with van der Waals surface area (Å²) in [5, 5.41) is 12.1. The number of rotatable bonds is 7. The summed E-state index contributed by atoms with van der Waals surface area (Å²) in [6.07, 6.45) is 3.85. The van der Waals surface area contributed by atoms with Gasteiger partial charge in [0.15, 0.2) is 0 Å². The molecule has 4 nitrogen and oxygen atoms in total. The number of aliphatic hydroxyl groups is 1. The molecular weight excluding hydrogens is 318 g/mol. The van der Waals surface area contributed by atoms with Crippen molar-refractivity contribution < 1.29 is 5.11 Å². The van der Waals surface area contributed by atoms with Crippen molar-refractivity contribution in [2.24, 2.45) is 0 Å². The predicted octanol–water partition coefficient (Wildman–Crippen LogP) is 2.77. The van der Waals surface area contributed by atoms with Gasteiger partial charge in [-0.15, -0.1) is 11.3 Å². The molecule has 1 aliphatic heterocycles. The predicted molar refractivity (Wildman–Crippen MR) is 99.1 cm³/mol. The minimum atomic E-state index is -0.617. The Bertz CT molecular complexity index is 645. The minimum Gasteiger partial charge on any atom is -0.387 e. The normalized spacial score (nSPS) is 21.7. The second-order valence-electron chi connectivity index (χ2n) is 6.92. The number of hydrogen-bond donors (Lipinski definition) is 1. The van der Waals surface area contributed by atoms with E-state index in [1.165, 1.54) is 10.4 Å². The first-order valence-electron chi connectivity index (χ1n) is 8.67. The lowest BCUT2D eigenvalue weighted by Crippen LogP contribution is -2.43. The molecule has 0 bridgehead atoms. The molecule has 1 atom stereocenters. The zero-order valence-corrected chi connectivity index (χ0v) is 15.4. The number of nitrogens with zero attached hydrogens (tertiary/aromatic N) is 3. The number of benzene rings is 1. The number of aryl methyl sites for hydroxylation is 1. The van der Waals surface area contributed by atoms with E-state index in [2.05, 4.69) is 53.0 Å². The summed E-state index contributed by atoms with van der Waals surface area (Å²) in [4.78, 5) is 10.4. The van der Waals surface area contributed by atoms with Crippen LogP contribution in [0.25, 0.3) is 0 Å². The van der Waals surface area contributed by atoms with Gasteiger partial charge in [-0.25, -0.2) is 4.98 Å². The fourth-order valence-corrected chi connectivity index (χ4v) is 4.36. The van der Waals surface area contributed by atoms with Gasteiger partial charge in [0.1, 0.15) is 5.01 Å². The average molecular weight is 346 g/mol. The quantitative estimate of drug-likeness (QED) is 0.838. The summed E-state index contributed by atoms with van der Waals surface area (Å²) in [7, 11) is 2.07. The third-order valence-electron chi connectivity index (χ3n) is 4.58. The van der Waals surface area contributed by atoms with Crippen molar-refractivity contribution in [3.63, 3.8) is 0 Å². The summed E-state index contributed by atoms with van der Waals surface area (Å²) < 4.78 is 0. The number of likely N-dealkylation sites (tertiary alicyclic amines) is 1. The lowest BCUT2D eigenvalue weighted by Gasteiger charge is -2.28. The minimum absolute atomic E-state index is 0.617. The van der Waals surface area contributed by atoms with E-state index in [1.54, 1.807) is 11.3 Å². The van der Waals surface area contributed by atoms with Gasteiger partial charge in [0.25, 0.3) is 0 Å². The van der Waals surface area contributed by atoms with Crippen molar-refractivity contribution in [3.8, 4) is 0 Å². The van der Waals surface area contributed by atoms with Crippen molar-refractivity contribution >= 4 is 11.3 Å². The van der Waals surface area contributed by atoms with E-state index in [1.807, 2.05) is 12.3 Å². The first-order valence-corrected chi connectivity index (χ1v) is 9.49. The zero-order valence-electron chi connectivity index (χ0n) is 14.6. The van der Waals surface area contributed by atoms with Crippen LogP contribution in [0, 0.1) is 0 Å². The van der Waals surface area contributed by atoms with E-state index in [0.717, 1.165) is 44.0 Å². The number of aromatic nitrogens is 1. The Morgan fingerprint density at radius 2 is 2.12 bits per heavy atom. The van der Waals surface area contributed by atoms with Gasteiger partial charge in [-0.05, 0) is 25.5 Å². The lowest BCUT2D eigenvalue weighted by molar-refractivity contribution is 0.0162. The molecule has 1 aliphatic rings. The second-order valence-corrected chi connectivity index (χ2v) is 8.12. The highest BCUT2D eigenvalue weighted by atomic mass is 32.1. The fourth-order valence-electron chi connectivity index (χ4n) is 3.42. The number of β-amino-alcohol motifs (C(OH)–C–C–N with tert-alkyl or cyclic N) is 1. The third kappa shape index (κ3) is 4.63. The van der Waals surface area contributed by atoms with Crippen LogP contribution < -0.4 is 0 Å². The van der Waals surface area contributed by atoms with Gasteiger partial charge in [0.05, 0.1) is 12.1 Å². The summed E-state index contributed by atoms with van der Waals surface area (Å²) >= 11 is 1.78. The third-order valence-corrected chi connectivity index (χ3v) is 5.71. The maximum atomic E-state index is 10.9. The first-order chi connectivity index (χ1) is 11.6. The van der Waals surface area contributed by atoms with Crippen LogP contribution >= 0.6 is 11.3 Å². The van der Waals surface area contributed by atoms with Crippen LogP contribution in [0.5, 0.6) is 0 Å². The highest BCUT2D eigenvalue weighted by Gasteiger charge is 2.36. The Kier molecular flexibility index (Phi) is 5.66. The highest BCUT2D eigenvalue weighted by Crippen LogP contribution is 2.25. The first kappa shape index (κ1) is 17.5. The SMILES string of the molecule is CCc1cnc(CN(C)CC2(O)CCN(Cc3ccccc3)C2)s1. The summed E-state index contributed by atoms with van der Waals surface area (Å²) in [5.41, 5.74) is 0.693. The summed E-state index contributed by atoms with van der Waals surface area (Å²) in [5.74, 6) is 0. The van der Waals surface area contributed by atoms with E-state index in [0.29, 0.717) is 6.54 Å². The molecule has 1 N–H and O–H groups in total. The van der Waals surface area contributed by atoms with E-state index in [-0.39, 0.29) is 0 Å². The van der Waals surface area contributed by atoms with Crippen molar-refractivity contribution in [1.82, 2.24) is 14.8 Å². The van der Waals surface area contributed by atoms with Gasteiger partial charge >= 0.3 is 0 Å². The number of likely N-dealkylation sites (N-methyl/N-ethyl adjacent to an activating group) is 1. The lowest BCUT2D eigenvalue weighted by atomic mass is 10.0. The molecule has 2 heterocycles. The van der Waals surface area contributed by atoms with Crippen LogP contribution in [0.2, 0.25) is 0 Å². The molecule has 1 fully saturated rings. The van der Waals surface area contributed by atoms with Crippen molar-refractivity contribution in [3.05, 3.63) is 52.0 Å². The smallest absolute Gasteiger partial charge is 0.107 e. The van der Waals surface area contributed by atoms with Crippen LogP contribution in [0.15, 0.2) is 36.5 Å². The molecule has 0 aliphatic carbocycles. The van der Waals surface area contributed by atoms with Crippen LogP contribution in [0.3, 0.4) is 0 Å². The van der Waals surface area contributed by atoms with E-state index in [9.17, 15) is 5.11 Å². The molecule has 5 heteroatoms. The molecule has 1 aromatic carbocycles. The van der Waals surface area contributed by atoms with Gasteiger partial charge in [-0.1, -0.05) is 37.3 Å². The standard InChI is InChI=1S/C19H27N3OS/c1-3-17-11-20-18(24-17)13-21(2)14-19(23)9-10-22(15-19)12-16-7-5-4-6-8-16/h4-8,11,23H,3,9-10,12-15H2,1-2H3. The molecule has 1 unspecified atom stereocenters. The van der Waals surface area contributed by atoms with Gasteiger partial charge in [0, 0.05) is 37.3 Å². The Labute approximate surface area is 148 Å². The van der Waals surface area contributed by atoms with Crippen LogP contribution in [-0.4, -0.2) is 52.2 Å². The van der Waals surface area contributed by atoms with Crippen molar-refractivity contribution in [1.29, 1.82) is 0 Å². The molecule has 0 radical (unpaired) electrons. The Hall–Kier alpha value is -1.27. The Morgan fingerprint density at radius 1 is 1.33 bits per heavy atom. The highest BCUT2D eigenvalue weighted by molar-refractivity contribution is 7.11. The largest absolute Gasteiger partial charge is 0.387 e. The molecule has 3 rings (SSSR count). The van der Waals surface area contributed by atoms with Crippen molar-refractivity contribution in [2.75, 3.05) is 26.7 Å². The molecule has 1 saturated heterocycles. The van der Waals surface area contributed by atoms with Gasteiger partial charge < -0.3 is 5.11 Å². The molecule has 1 aromatic heterocycles. The van der Waals surface area contributed by atoms with E-state index < -0.39 is 5.60 Å². The Balaban J connectivity index is 1.51. The summed E-state index contributed by atoms with van der Waals surface area (Å²) in [6, 6.07) is 10.5. The molecule has 0 amide bonds. The number of hydrogen-bond acceptors (Lipinski definition) is 5. The fraction of sp³-hybridized carbons (Fsp3) is 0.526. The molecule has 0 saturated carbocycles. The average Bonchev–Trinajstić information content (AvgIpc) is 3.15. The van der Waals surface area contributed by atoms with Gasteiger partial charge in [-0.3, -0.25) is 9.80 Å².